The molecule has 2 aromatic rings. The van der Waals surface area contributed by atoms with Gasteiger partial charge in [-0.05, 0) is 35.9 Å². The molecule has 0 aliphatic carbocycles. The second-order valence-electron chi connectivity index (χ2n) is 4.23. The fraction of sp³-hybridized carbons (Fsp3) is 0.167. The number of sulfonamides is 1. The largest absolute Gasteiger partial charge is 0.378 e. The van der Waals surface area contributed by atoms with Crippen molar-refractivity contribution in [1.29, 1.82) is 0 Å². The molecule has 0 saturated carbocycles. The Kier molecular flexibility index (Phi) is 4.10. The number of hydrogen-bond acceptors (Lipinski definition) is 5. The van der Waals surface area contributed by atoms with Gasteiger partial charge >= 0.3 is 0 Å². The average Bonchev–Trinajstić information content (AvgIpc) is 2.39. The van der Waals surface area contributed by atoms with Gasteiger partial charge in [-0.25, -0.2) is 18.4 Å². The zero-order valence-corrected chi connectivity index (χ0v) is 12.5. The van der Waals surface area contributed by atoms with Crippen molar-refractivity contribution in [3.05, 3.63) is 41.9 Å². The number of hydrogen-bond donors (Lipinski definition) is 1. The van der Waals surface area contributed by atoms with Crippen molar-refractivity contribution in [1.82, 2.24) is 9.97 Å². The molecule has 106 valence electrons. The van der Waals surface area contributed by atoms with E-state index in [1.807, 2.05) is 31.1 Å². The van der Waals surface area contributed by atoms with Crippen LogP contribution in [-0.2, 0) is 10.0 Å². The third kappa shape index (κ3) is 3.37. The van der Waals surface area contributed by atoms with Crippen LogP contribution in [-0.4, -0.2) is 32.5 Å². The molecule has 0 aliphatic heterocycles. The second-order valence-corrected chi connectivity index (χ2v) is 6.26. The Bertz CT molecular complexity index is 684. The van der Waals surface area contributed by atoms with Crippen LogP contribution in [0.15, 0.2) is 41.6 Å². The summed E-state index contributed by atoms with van der Waals surface area (Å²) >= 11 is 5.53. The molecule has 0 atom stereocenters. The highest BCUT2D eigenvalue weighted by atomic mass is 35.5. The first-order valence-corrected chi connectivity index (χ1v) is 7.52. The molecule has 2 rings (SSSR count). The number of halogens is 1. The van der Waals surface area contributed by atoms with E-state index in [1.54, 1.807) is 12.1 Å². The molecule has 0 bridgehead atoms. The second kappa shape index (κ2) is 5.64. The van der Waals surface area contributed by atoms with E-state index in [0.29, 0.717) is 5.69 Å². The van der Waals surface area contributed by atoms with Gasteiger partial charge in [0.2, 0.25) is 5.28 Å². The molecule has 0 unspecified atom stereocenters. The van der Waals surface area contributed by atoms with Crippen LogP contribution in [0, 0.1) is 0 Å². The Balaban J connectivity index is 2.22. The first-order valence-electron chi connectivity index (χ1n) is 5.66. The summed E-state index contributed by atoms with van der Waals surface area (Å²) in [5, 5.41) is -0.000661. The van der Waals surface area contributed by atoms with Crippen molar-refractivity contribution in [3.63, 3.8) is 0 Å². The number of aromatic nitrogens is 2. The number of rotatable bonds is 4. The maximum atomic E-state index is 12.1. The van der Waals surface area contributed by atoms with E-state index in [2.05, 4.69) is 14.7 Å². The van der Waals surface area contributed by atoms with Crippen LogP contribution >= 0.6 is 11.6 Å². The Hall–Kier alpha value is -1.86. The lowest BCUT2D eigenvalue weighted by Crippen LogP contribution is -2.14. The minimum absolute atomic E-state index is 0.000661. The van der Waals surface area contributed by atoms with E-state index in [-0.39, 0.29) is 10.2 Å². The normalized spacial score (nSPS) is 11.2. The molecule has 0 fully saturated rings. The van der Waals surface area contributed by atoms with Gasteiger partial charge < -0.3 is 4.90 Å². The fourth-order valence-electron chi connectivity index (χ4n) is 1.48. The van der Waals surface area contributed by atoms with Crippen molar-refractivity contribution in [2.75, 3.05) is 23.7 Å². The highest BCUT2D eigenvalue weighted by Crippen LogP contribution is 2.19. The van der Waals surface area contributed by atoms with Crippen molar-refractivity contribution in [2.24, 2.45) is 0 Å². The molecule has 6 nitrogen and oxygen atoms in total. The monoisotopic (exact) mass is 312 g/mol. The van der Waals surface area contributed by atoms with Gasteiger partial charge in [0.1, 0.15) is 4.90 Å². The first-order chi connectivity index (χ1) is 9.38. The minimum Gasteiger partial charge on any atom is -0.378 e. The van der Waals surface area contributed by atoms with Gasteiger partial charge in [0.15, 0.2) is 0 Å². The van der Waals surface area contributed by atoms with Gasteiger partial charge in [0.25, 0.3) is 10.0 Å². The molecule has 0 radical (unpaired) electrons. The van der Waals surface area contributed by atoms with E-state index in [1.165, 1.54) is 0 Å². The molecule has 0 spiro atoms. The van der Waals surface area contributed by atoms with Crippen molar-refractivity contribution < 1.29 is 8.42 Å². The Morgan fingerprint density at radius 2 is 1.65 bits per heavy atom. The quantitative estimate of drug-likeness (QED) is 0.874. The Morgan fingerprint density at radius 3 is 2.15 bits per heavy atom. The summed E-state index contributed by atoms with van der Waals surface area (Å²) in [5.41, 5.74) is 1.44. The molecule has 8 heteroatoms. The highest BCUT2D eigenvalue weighted by molar-refractivity contribution is 7.92. The lowest BCUT2D eigenvalue weighted by atomic mass is 10.3. The molecule has 1 aromatic carbocycles. The predicted molar refractivity (Wildman–Crippen MR) is 78.6 cm³/mol. The van der Waals surface area contributed by atoms with Crippen LogP contribution < -0.4 is 9.62 Å². The zero-order chi connectivity index (χ0) is 14.8. The molecule has 1 N–H and O–H groups in total. The first kappa shape index (κ1) is 14.5. The summed E-state index contributed by atoms with van der Waals surface area (Å²) in [6.07, 6.45) is 2.32. The van der Waals surface area contributed by atoms with Crippen LogP contribution in [0.1, 0.15) is 0 Å². The molecule has 1 aromatic heterocycles. The average molecular weight is 313 g/mol. The topological polar surface area (TPSA) is 75.2 Å². The molecule has 20 heavy (non-hydrogen) atoms. The van der Waals surface area contributed by atoms with Crippen molar-refractivity contribution in [3.8, 4) is 0 Å². The number of benzene rings is 1. The van der Waals surface area contributed by atoms with Gasteiger partial charge in [0, 0.05) is 25.5 Å². The smallest absolute Gasteiger partial charge is 0.264 e. The standard InChI is InChI=1S/C12H13ClN4O2S/c1-17(2)10-5-3-9(4-6-10)16-20(18,19)11-7-14-12(13)15-8-11/h3-8,16H,1-2H3. The third-order valence-corrected chi connectivity index (χ3v) is 4.07. The highest BCUT2D eigenvalue weighted by Gasteiger charge is 2.15. The molecular weight excluding hydrogens is 300 g/mol. The molecule has 0 amide bonds. The van der Waals surface area contributed by atoms with E-state index < -0.39 is 10.0 Å². The fourth-order valence-corrected chi connectivity index (χ4v) is 2.53. The predicted octanol–water partition coefficient (Wildman–Crippen LogP) is 2.00. The van der Waals surface area contributed by atoms with Gasteiger partial charge in [0.05, 0.1) is 12.4 Å². The van der Waals surface area contributed by atoms with E-state index in [0.717, 1.165) is 18.1 Å². The molecule has 0 saturated heterocycles. The van der Waals surface area contributed by atoms with Crippen LogP contribution in [0.4, 0.5) is 11.4 Å². The van der Waals surface area contributed by atoms with Crippen LogP contribution in [0.25, 0.3) is 0 Å². The molecule has 0 aliphatic rings. The van der Waals surface area contributed by atoms with E-state index in [9.17, 15) is 8.42 Å². The van der Waals surface area contributed by atoms with Crippen molar-refractivity contribution >= 4 is 33.0 Å². The van der Waals surface area contributed by atoms with Crippen LogP contribution in [0.2, 0.25) is 5.28 Å². The lowest BCUT2D eigenvalue weighted by molar-refractivity contribution is 0.600. The Morgan fingerprint density at radius 1 is 1.10 bits per heavy atom. The van der Waals surface area contributed by atoms with Gasteiger partial charge in [-0.3, -0.25) is 4.72 Å². The van der Waals surface area contributed by atoms with Gasteiger partial charge in [-0.1, -0.05) is 0 Å². The number of nitrogens with one attached hydrogen (secondary N) is 1. The summed E-state index contributed by atoms with van der Waals surface area (Å²) in [5.74, 6) is 0. The maximum Gasteiger partial charge on any atom is 0.264 e. The van der Waals surface area contributed by atoms with Gasteiger partial charge in [-0.2, -0.15) is 0 Å². The molecule has 1 heterocycles. The maximum absolute atomic E-state index is 12.1. The Labute approximate surface area is 122 Å². The zero-order valence-electron chi connectivity index (χ0n) is 10.9. The minimum atomic E-state index is -3.71. The number of nitrogens with zero attached hydrogens (tertiary/aromatic N) is 3. The summed E-state index contributed by atoms with van der Waals surface area (Å²) in [6.45, 7) is 0. The summed E-state index contributed by atoms with van der Waals surface area (Å²) < 4.78 is 26.6. The van der Waals surface area contributed by atoms with E-state index in [4.69, 9.17) is 11.6 Å². The van der Waals surface area contributed by atoms with Crippen molar-refractivity contribution in [2.45, 2.75) is 4.90 Å². The SMILES string of the molecule is CN(C)c1ccc(NS(=O)(=O)c2cnc(Cl)nc2)cc1. The lowest BCUT2D eigenvalue weighted by Gasteiger charge is -2.13. The number of anilines is 2. The van der Waals surface area contributed by atoms with E-state index >= 15 is 0 Å². The summed E-state index contributed by atoms with van der Waals surface area (Å²) in [6, 6.07) is 7.00. The third-order valence-electron chi connectivity index (χ3n) is 2.54. The van der Waals surface area contributed by atoms with Gasteiger partial charge in [-0.15, -0.1) is 0 Å². The van der Waals surface area contributed by atoms with Crippen LogP contribution in [0.5, 0.6) is 0 Å². The van der Waals surface area contributed by atoms with Crippen LogP contribution in [0.3, 0.4) is 0 Å². The summed E-state index contributed by atoms with van der Waals surface area (Å²) in [4.78, 5) is 9.18. The molecular formula is C12H13ClN4O2S. The summed E-state index contributed by atoms with van der Waals surface area (Å²) in [7, 11) is 0.104.